The summed E-state index contributed by atoms with van der Waals surface area (Å²) in [6.07, 6.45) is 1.60. The zero-order chi connectivity index (χ0) is 15.8. The summed E-state index contributed by atoms with van der Waals surface area (Å²) in [5, 5.41) is 16.1. The Kier molecular flexibility index (Phi) is 6.44. The second-order valence-corrected chi connectivity index (χ2v) is 4.66. The lowest BCUT2D eigenvalue weighted by molar-refractivity contribution is -0.147. The summed E-state index contributed by atoms with van der Waals surface area (Å²) in [5.74, 6) is -2.25. The average Bonchev–Trinajstić information content (AvgIpc) is 3.21. The first-order valence-corrected chi connectivity index (χ1v) is 6.55. The Morgan fingerprint density at radius 2 is 1.95 bits per heavy atom. The number of carboxylic acids is 1. The fourth-order valence-corrected chi connectivity index (χ4v) is 1.48. The third-order valence-corrected chi connectivity index (χ3v) is 2.78. The molecule has 1 atom stereocenters. The lowest BCUT2D eigenvalue weighted by Gasteiger charge is -2.14. The molecular formula is C12H19N3O6. The monoisotopic (exact) mass is 301 g/mol. The maximum Gasteiger partial charge on any atom is 0.326 e. The van der Waals surface area contributed by atoms with Crippen LogP contribution in [0.5, 0.6) is 0 Å². The van der Waals surface area contributed by atoms with Crippen molar-refractivity contribution in [3.63, 3.8) is 0 Å². The number of esters is 1. The Labute approximate surface area is 121 Å². The molecule has 0 spiro atoms. The van der Waals surface area contributed by atoms with E-state index in [1.165, 1.54) is 0 Å². The molecule has 1 aliphatic rings. The summed E-state index contributed by atoms with van der Waals surface area (Å²) in [6, 6.07) is -1.88. The molecule has 0 bridgehead atoms. The van der Waals surface area contributed by atoms with Crippen molar-refractivity contribution in [2.45, 2.75) is 37.8 Å². The first kappa shape index (κ1) is 16.7. The predicted octanol–water partition coefficient (Wildman–Crippen LogP) is -1.03. The van der Waals surface area contributed by atoms with Gasteiger partial charge in [-0.2, -0.15) is 0 Å². The largest absolute Gasteiger partial charge is 0.480 e. The van der Waals surface area contributed by atoms with Crippen molar-refractivity contribution >= 4 is 23.9 Å². The van der Waals surface area contributed by atoms with Gasteiger partial charge < -0.3 is 25.8 Å². The van der Waals surface area contributed by atoms with Gasteiger partial charge in [0.15, 0.2) is 0 Å². The number of hydrogen-bond donors (Lipinski definition) is 4. The zero-order valence-corrected chi connectivity index (χ0v) is 11.7. The van der Waals surface area contributed by atoms with E-state index >= 15 is 0 Å². The molecule has 4 N–H and O–H groups in total. The van der Waals surface area contributed by atoms with Gasteiger partial charge >= 0.3 is 18.0 Å². The van der Waals surface area contributed by atoms with Crippen LogP contribution in [0.4, 0.5) is 4.79 Å². The number of urea groups is 1. The van der Waals surface area contributed by atoms with E-state index in [-0.39, 0.29) is 24.9 Å². The molecule has 0 aromatic rings. The highest BCUT2D eigenvalue weighted by molar-refractivity contribution is 5.86. The first-order chi connectivity index (χ1) is 9.92. The van der Waals surface area contributed by atoms with Crippen LogP contribution in [-0.4, -0.2) is 54.7 Å². The van der Waals surface area contributed by atoms with Crippen LogP contribution in [0.15, 0.2) is 0 Å². The molecule has 9 heteroatoms. The minimum Gasteiger partial charge on any atom is -0.480 e. The van der Waals surface area contributed by atoms with E-state index in [9.17, 15) is 19.2 Å². The summed E-state index contributed by atoms with van der Waals surface area (Å²) in [7, 11) is 1.12. The summed E-state index contributed by atoms with van der Waals surface area (Å²) >= 11 is 0. The van der Waals surface area contributed by atoms with Gasteiger partial charge in [-0.1, -0.05) is 0 Å². The topological polar surface area (TPSA) is 134 Å². The predicted molar refractivity (Wildman–Crippen MR) is 70.4 cm³/mol. The molecule has 0 radical (unpaired) electrons. The van der Waals surface area contributed by atoms with Crippen LogP contribution < -0.4 is 16.0 Å². The van der Waals surface area contributed by atoms with Crippen molar-refractivity contribution in [1.29, 1.82) is 0 Å². The van der Waals surface area contributed by atoms with Crippen LogP contribution in [0.2, 0.25) is 0 Å². The van der Waals surface area contributed by atoms with Gasteiger partial charge in [0.2, 0.25) is 5.91 Å². The van der Waals surface area contributed by atoms with Crippen LogP contribution in [0.3, 0.4) is 0 Å². The number of rotatable bonds is 8. The zero-order valence-electron chi connectivity index (χ0n) is 11.7. The number of amides is 3. The highest BCUT2D eigenvalue weighted by Gasteiger charge is 2.24. The van der Waals surface area contributed by atoms with Gasteiger partial charge in [-0.25, -0.2) is 9.59 Å². The van der Waals surface area contributed by atoms with E-state index in [4.69, 9.17) is 5.11 Å². The third kappa shape index (κ3) is 7.14. The van der Waals surface area contributed by atoms with E-state index in [1.54, 1.807) is 0 Å². The van der Waals surface area contributed by atoms with E-state index in [0.717, 1.165) is 20.0 Å². The lowest BCUT2D eigenvalue weighted by Crippen LogP contribution is -2.47. The van der Waals surface area contributed by atoms with E-state index < -0.39 is 30.4 Å². The molecule has 0 aromatic heterocycles. The van der Waals surface area contributed by atoms with Gasteiger partial charge in [0.05, 0.1) is 13.5 Å². The summed E-state index contributed by atoms with van der Waals surface area (Å²) in [6.45, 7) is 0.0783. The normalized spacial score (nSPS) is 14.7. The molecule has 1 fully saturated rings. The molecule has 1 rings (SSSR count). The van der Waals surface area contributed by atoms with Crippen LogP contribution in [-0.2, 0) is 19.1 Å². The van der Waals surface area contributed by atoms with Crippen molar-refractivity contribution in [3.05, 3.63) is 0 Å². The Bertz CT molecular complexity index is 421. The van der Waals surface area contributed by atoms with Crippen LogP contribution in [0.25, 0.3) is 0 Å². The fourth-order valence-electron chi connectivity index (χ4n) is 1.48. The molecule has 9 nitrogen and oxygen atoms in total. The highest BCUT2D eigenvalue weighted by atomic mass is 16.5. The number of aliphatic carboxylic acids is 1. The number of carbonyl (C=O) groups excluding carboxylic acids is 3. The maximum absolute atomic E-state index is 11.5. The van der Waals surface area contributed by atoms with E-state index in [1.807, 2.05) is 0 Å². The number of carbonyl (C=O) groups is 4. The molecule has 0 aliphatic heterocycles. The first-order valence-electron chi connectivity index (χ1n) is 6.55. The van der Waals surface area contributed by atoms with Crippen LogP contribution >= 0.6 is 0 Å². The Hall–Kier alpha value is -2.32. The molecule has 3 amide bonds. The molecule has 1 saturated carbocycles. The van der Waals surface area contributed by atoms with Gasteiger partial charge in [0.25, 0.3) is 0 Å². The van der Waals surface area contributed by atoms with Gasteiger partial charge in [0, 0.05) is 19.0 Å². The molecule has 118 valence electrons. The maximum atomic E-state index is 11.5. The van der Waals surface area contributed by atoms with Gasteiger partial charge in [-0.15, -0.1) is 0 Å². The molecule has 0 unspecified atom stereocenters. The second-order valence-electron chi connectivity index (χ2n) is 4.66. The number of carboxylic acid groups (broad SMARTS) is 1. The molecule has 1 aliphatic carbocycles. The summed E-state index contributed by atoms with van der Waals surface area (Å²) in [4.78, 5) is 44.7. The lowest BCUT2D eigenvalue weighted by atomic mass is 10.2. The van der Waals surface area contributed by atoms with Crippen molar-refractivity contribution in [2.24, 2.45) is 0 Å². The molecule has 21 heavy (non-hydrogen) atoms. The number of hydrogen-bond acceptors (Lipinski definition) is 5. The van der Waals surface area contributed by atoms with Crippen LogP contribution in [0.1, 0.15) is 25.7 Å². The smallest absolute Gasteiger partial charge is 0.326 e. The molecule has 0 heterocycles. The second kappa shape index (κ2) is 8.08. The molecular weight excluding hydrogens is 282 g/mol. The molecule has 0 aromatic carbocycles. The SMILES string of the molecule is COC(=O)C[C@H](NC(=O)NCCC(=O)NC1CC1)C(=O)O. The quantitative estimate of drug-likeness (QED) is 0.424. The Morgan fingerprint density at radius 1 is 1.29 bits per heavy atom. The van der Waals surface area contributed by atoms with E-state index in [0.29, 0.717) is 0 Å². The van der Waals surface area contributed by atoms with E-state index in [2.05, 4.69) is 20.7 Å². The molecule has 0 saturated heterocycles. The number of methoxy groups -OCH3 is 1. The van der Waals surface area contributed by atoms with Crippen molar-refractivity contribution in [2.75, 3.05) is 13.7 Å². The summed E-state index contributed by atoms with van der Waals surface area (Å²) in [5.41, 5.74) is 0. The van der Waals surface area contributed by atoms with Gasteiger partial charge in [-0.05, 0) is 12.8 Å². The average molecular weight is 301 g/mol. The fraction of sp³-hybridized carbons (Fsp3) is 0.667. The van der Waals surface area contributed by atoms with Crippen molar-refractivity contribution in [3.8, 4) is 0 Å². The Balaban J connectivity index is 2.24. The third-order valence-electron chi connectivity index (χ3n) is 2.78. The Morgan fingerprint density at radius 3 is 2.48 bits per heavy atom. The highest BCUT2D eigenvalue weighted by Crippen LogP contribution is 2.18. The van der Waals surface area contributed by atoms with Crippen molar-refractivity contribution < 1.29 is 29.0 Å². The standard InChI is InChI=1S/C12H19N3O6/c1-21-10(17)6-8(11(18)19)15-12(20)13-5-4-9(16)14-7-2-3-7/h7-8H,2-6H2,1H3,(H,14,16)(H,18,19)(H2,13,15,20)/t8-/m0/s1. The number of nitrogens with one attached hydrogen (secondary N) is 3. The number of ether oxygens (including phenoxy) is 1. The van der Waals surface area contributed by atoms with Gasteiger partial charge in [0.1, 0.15) is 6.04 Å². The summed E-state index contributed by atoms with van der Waals surface area (Å²) < 4.78 is 4.34. The van der Waals surface area contributed by atoms with Gasteiger partial charge in [-0.3, -0.25) is 9.59 Å². The van der Waals surface area contributed by atoms with Crippen LogP contribution in [0, 0.1) is 0 Å². The minimum atomic E-state index is -1.38. The van der Waals surface area contributed by atoms with Crippen molar-refractivity contribution in [1.82, 2.24) is 16.0 Å². The minimum absolute atomic E-state index is 0.0783.